The summed E-state index contributed by atoms with van der Waals surface area (Å²) < 4.78 is 12.6. The van der Waals surface area contributed by atoms with Crippen LogP contribution in [0.15, 0.2) is 56.8 Å². The lowest BCUT2D eigenvalue weighted by atomic mass is 10.2. The van der Waals surface area contributed by atoms with E-state index in [-0.39, 0.29) is 11.4 Å². The number of hydrogen-bond donors (Lipinski definition) is 2. The van der Waals surface area contributed by atoms with Crippen LogP contribution < -0.4 is 20.1 Å². The molecule has 0 aromatic heterocycles. The SMILES string of the molecule is C=CCOc1c(Br)cc(/C=C2\SC(Nc3cc(C)ccc3OC)NC2=O)cc1Br. The molecule has 3 rings (SSSR count). The maximum atomic E-state index is 12.4. The summed E-state index contributed by atoms with van der Waals surface area (Å²) in [6.07, 6.45) is 3.53. The fourth-order valence-electron chi connectivity index (χ4n) is 2.74. The highest BCUT2D eigenvalue weighted by atomic mass is 79.9. The Kier molecular flexibility index (Phi) is 7.32. The summed E-state index contributed by atoms with van der Waals surface area (Å²) in [4.78, 5) is 13.1. The Hall–Kier alpha value is -1.90. The third kappa shape index (κ3) is 5.38. The smallest absolute Gasteiger partial charge is 0.260 e. The van der Waals surface area contributed by atoms with Gasteiger partial charge in [-0.1, -0.05) is 30.5 Å². The Labute approximate surface area is 191 Å². The Morgan fingerprint density at radius 1 is 1.28 bits per heavy atom. The molecule has 5 nitrogen and oxygen atoms in total. The molecule has 1 atom stereocenters. The first-order valence-corrected chi connectivity index (χ1v) is 11.2. The van der Waals surface area contributed by atoms with Crippen LogP contribution in [0.2, 0.25) is 0 Å². The third-order valence-electron chi connectivity index (χ3n) is 4.04. The van der Waals surface area contributed by atoms with Crippen LogP contribution in [0.3, 0.4) is 0 Å². The molecule has 1 aliphatic heterocycles. The number of hydrogen-bond acceptors (Lipinski definition) is 5. The summed E-state index contributed by atoms with van der Waals surface area (Å²) in [6, 6.07) is 9.70. The summed E-state index contributed by atoms with van der Waals surface area (Å²) >= 11 is 8.46. The fourth-order valence-corrected chi connectivity index (χ4v) is 5.16. The van der Waals surface area contributed by atoms with E-state index in [2.05, 4.69) is 49.1 Å². The molecule has 152 valence electrons. The first-order chi connectivity index (χ1) is 13.9. The van der Waals surface area contributed by atoms with Crippen LogP contribution in [0.25, 0.3) is 6.08 Å². The second kappa shape index (κ2) is 9.73. The number of amides is 1. The van der Waals surface area contributed by atoms with Gasteiger partial charge in [0.05, 0.1) is 26.6 Å². The molecule has 0 aliphatic carbocycles. The summed E-state index contributed by atoms with van der Waals surface area (Å²) in [6.45, 7) is 6.07. The van der Waals surface area contributed by atoms with E-state index < -0.39 is 0 Å². The number of nitrogens with one attached hydrogen (secondary N) is 2. The van der Waals surface area contributed by atoms with Gasteiger partial charge in [-0.3, -0.25) is 4.79 Å². The lowest BCUT2D eigenvalue weighted by Gasteiger charge is -2.16. The third-order valence-corrected chi connectivity index (χ3v) is 6.24. The first-order valence-electron chi connectivity index (χ1n) is 8.74. The van der Waals surface area contributed by atoms with Crippen molar-refractivity contribution in [1.29, 1.82) is 0 Å². The Balaban J connectivity index is 1.77. The van der Waals surface area contributed by atoms with Crippen molar-refractivity contribution in [3.8, 4) is 11.5 Å². The minimum Gasteiger partial charge on any atom is -0.495 e. The van der Waals surface area contributed by atoms with E-state index in [9.17, 15) is 4.79 Å². The van der Waals surface area contributed by atoms with Gasteiger partial charge in [0.15, 0.2) is 5.50 Å². The summed E-state index contributed by atoms with van der Waals surface area (Å²) in [7, 11) is 1.62. The number of aryl methyl sites for hydroxylation is 1. The zero-order chi connectivity index (χ0) is 21.0. The molecule has 29 heavy (non-hydrogen) atoms. The van der Waals surface area contributed by atoms with Crippen LogP contribution in [-0.2, 0) is 4.79 Å². The van der Waals surface area contributed by atoms with Gasteiger partial charge < -0.3 is 20.1 Å². The van der Waals surface area contributed by atoms with E-state index >= 15 is 0 Å². The molecular formula is C21H20Br2N2O3S. The Morgan fingerprint density at radius 2 is 2.00 bits per heavy atom. The number of thioether (sulfide) groups is 1. The number of carbonyl (C=O) groups excluding carboxylic acids is 1. The lowest BCUT2D eigenvalue weighted by molar-refractivity contribution is -0.116. The van der Waals surface area contributed by atoms with Crippen LogP contribution in [0.5, 0.6) is 11.5 Å². The molecule has 2 aromatic carbocycles. The molecule has 0 radical (unpaired) electrons. The van der Waals surface area contributed by atoms with E-state index in [0.29, 0.717) is 17.3 Å². The van der Waals surface area contributed by atoms with Gasteiger partial charge in [-0.25, -0.2) is 0 Å². The predicted octanol–water partition coefficient (Wildman–Crippen LogP) is 5.69. The van der Waals surface area contributed by atoms with Crippen LogP contribution in [-0.4, -0.2) is 25.1 Å². The largest absolute Gasteiger partial charge is 0.495 e. The second-order valence-electron chi connectivity index (χ2n) is 6.24. The molecule has 2 N–H and O–H groups in total. The highest BCUT2D eigenvalue weighted by molar-refractivity contribution is 9.11. The van der Waals surface area contributed by atoms with E-state index in [1.807, 2.05) is 43.3 Å². The van der Waals surface area contributed by atoms with Crippen molar-refractivity contribution in [2.24, 2.45) is 0 Å². The molecule has 0 bridgehead atoms. The van der Waals surface area contributed by atoms with Gasteiger partial charge in [0.2, 0.25) is 0 Å². The predicted molar refractivity (Wildman–Crippen MR) is 126 cm³/mol. The Bertz CT molecular complexity index is 955. The maximum Gasteiger partial charge on any atom is 0.260 e. The number of rotatable bonds is 7. The minimum absolute atomic E-state index is 0.127. The monoisotopic (exact) mass is 538 g/mol. The van der Waals surface area contributed by atoms with E-state index in [4.69, 9.17) is 9.47 Å². The van der Waals surface area contributed by atoms with Gasteiger partial charge in [-0.05, 0) is 80.3 Å². The molecule has 8 heteroatoms. The van der Waals surface area contributed by atoms with Crippen LogP contribution >= 0.6 is 43.6 Å². The summed E-state index contributed by atoms with van der Waals surface area (Å²) in [5.74, 6) is 1.30. The quantitative estimate of drug-likeness (QED) is 0.349. The maximum absolute atomic E-state index is 12.4. The lowest BCUT2D eigenvalue weighted by Crippen LogP contribution is -2.31. The normalized spacial score (nSPS) is 17.2. The van der Waals surface area contributed by atoms with Crippen molar-refractivity contribution in [3.05, 3.63) is 68.0 Å². The van der Waals surface area contributed by atoms with Crippen LogP contribution in [0.4, 0.5) is 5.69 Å². The molecule has 2 aromatic rings. The fraction of sp³-hybridized carbons (Fsp3) is 0.190. The second-order valence-corrected chi connectivity index (χ2v) is 9.10. The molecule has 1 fully saturated rings. The molecule has 1 amide bonds. The molecular weight excluding hydrogens is 520 g/mol. The van der Waals surface area contributed by atoms with Crippen LogP contribution in [0.1, 0.15) is 11.1 Å². The van der Waals surface area contributed by atoms with Gasteiger partial charge in [-0.15, -0.1) is 0 Å². The van der Waals surface area contributed by atoms with Gasteiger partial charge >= 0.3 is 0 Å². The van der Waals surface area contributed by atoms with Crippen molar-refractivity contribution < 1.29 is 14.3 Å². The van der Waals surface area contributed by atoms with Crippen molar-refractivity contribution in [3.63, 3.8) is 0 Å². The number of carbonyl (C=O) groups is 1. The average molecular weight is 540 g/mol. The first kappa shape index (κ1) is 21.8. The number of methoxy groups -OCH3 is 1. The van der Waals surface area contributed by atoms with Crippen molar-refractivity contribution in [1.82, 2.24) is 5.32 Å². The highest BCUT2D eigenvalue weighted by Crippen LogP contribution is 2.37. The van der Waals surface area contributed by atoms with E-state index in [1.54, 1.807) is 13.2 Å². The summed E-state index contributed by atoms with van der Waals surface area (Å²) in [5, 5.41) is 6.26. The van der Waals surface area contributed by atoms with Crippen molar-refractivity contribution in [2.45, 2.75) is 12.4 Å². The number of benzene rings is 2. The van der Waals surface area contributed by atoms with Crippen LogP contribution in [0, 0.1) is 6.92 Å². The molecule has 1 unspecified atom stereocenters. The highest BCUT2D eigenvalue weighted by Gasteiger charge is 2.28. The Morgan fingerprint density at radius 3 is 2.66 bits per heavy atom. The molecule has 1 heterocycles. The van der Waals surface area contributed by atoms with E-state index in [0.717, 1.165) is 31.5 Å². The number of anilines is 1. The average Bonchev–Trinajstić information content (AvgIpc) is 3.00. The van der Waals surface area contributed by atoms with Gasteiger partial charge in [0.1, 0.15) is 18.1 Å². The number of halogens is 2. The molecule has 1 saturated heterocycles. The van der Waals surface area contributed by atoms with Crippen molar-refractivity contribution >= 4 is 61.3 Å². The van der Waals surface area contributed by atoms with E-state index in [1.165, 1.54) is 11.8 Å². The van der Waals surface area contributed by atoms with Gasteiger partial charge in [-0.2, -0.15) is 0 Å². The molecule has 0 saturated carbocycles. The zero-order valence-electron chi connectivity index (χ0n) is 15.9. The number of ether oxygens (including phenoxy) is 2. The van der Waals surface area contributed by atoms with Crippen molar-refractivity contribution in [2.75, 3.05) is 19.0 Å². The zero-order valence-corrected chi connectivity index (χ0v) is 19.9. The van der Waals surface area contributed by atoms with Gasteiger partial charge in [0, 0.05) is 0 Å². The minimum atomic E-state index is -0.286. The molecule has 1 aliphatic rings. The molecule has 0 spiro atoms. The van der Waals surface area contributed by atoms with Gasteiger partial charge in [0.25, 0.3) is 5.91 Å². The standard InChI is InChI=1S/C21H20Br2N2O3S/c1-4-7-28-19-14(22)9-13(10-15(19)23)11-18-20(26)25-21(29-18)24-16-8-12(2)5-6-17(16)27-3/h4-6,8-11,21,24H,1,7H2,2-3H3,(H,25,26)/b18-11-. The summed E-state index contributed by atoms with van der Waals surface area (Å²) in [5.41, 5.74) is 2.53. The topological polar surface area (TPSA) is 59.6 Å².